The van der Waals surface area contributed by atoms with E-state index < -0.39 is 5.60 Å². The molecule has 0 fully saturated rings. The molecule has 0 unspecified atom stereocenters. The third-order valence-corrected chi connectivity index (χ3v) is 4.12. The molecule has 0 atom stereocenters. The van der Waals surface area contributed by atoms with Gasteiger partial charge < -0.3 is 5.11 Å². The Bertz CT molecular complexity index is 1080. The zero-order valence-electron chi connectivity index (χ0n) is 14.3. The van der Waals surface area contributed by atoms with Crippen LogP contribution in [-0.4, -0.2) is 24.9 Å². The molecule has 6 heteroatoms. The largest absolute Gasteiger partial charge is 0.384 e. The second-order valence-corrected chi connectivity index (χ2v) is 6.51. The molecular weight excluding hydrogens is 331 g/mol. The van der Waals surface area contributed by atoms with Gasteiger partial charge in [0.15, 0.2) is 0 Å². The fraction of sp³-hybridized carbons (Fsp3) is 0.150. The Morgan fingerprint density at radius 3 is 2.54 bits per heavy atom. The molecule has 1 N–H and O–H groups in total. The van der Waals surface area contributed by atoms with Gasteiger partial charge in [-0.2, -0.15) is 9.78 Å². The lowest BCUT2D eigenvalue weighted by Gasteiger charge is -2.14. The summed E-state index contributed by atoms with van der Waals surface area (Å²) in [6.45, 7) is 3.36. The number of aromatic nitrogens is 4. The number of hydrogen-bond acceptors (Lipinski definition) is 4. The molecule has 5 nitrogen and oxygen atoms in total. The van der Waals surface area contributed by atoms with Gasteiger partial charge in [0, 0.05) is 28.9 Å². The second kappa shape index (κ2) is 6.00. The molecule has 129 valence electrons. The smallest absolute Gasteiger partial charge is 0.251 e. The molecule has 0 saturated heterocycles. The van der Waals surface area contributed by atoms with E-state index in [2.05, 4.69) is 21.1 Å². The molecule has 26 heavy (non-hydrogen) atoms. The fourth-order valence-corrected chi connectivity index (χ4v) is 2.87. The number of aliphatic hydroxyl groups is 1. The maximum absolute atomic E-state index is 13.9. The quantitative estimate of drug-likeness (QED) is 0.614. The molecule has 1 radical (unpaired) electrons. The molecule has 4 aromatic rings. The second-order valence-electron chi connectivity index (χ2n) is 6.51. The summed E-state index contributed by atoms with van der Waals surface area (Å²) in [6.07, 6.45) is 3.12. The fourth-order valence-electron chi connectivity index (χ4n) is 2.87. The van der Waals surface area contributed by atoms with Crippen LogP contribution in [-0.2, 0) is 5.60 Å². The third kappa shape index (κ3) is 2.74. The first-order valence-corrected chi connectivity index (χ1v) is 8.14. The average Bonchev–Trinajstić information content (AvgIpc) is 3.02. The molecule has 2 heterocycles. The normalized spacial score (nSPS) is 11.8. The van der Waals surface area contributed by atoms with Crippen molar-refractivity contribution in [2.24, 2.45) is 0 Å². The van der Waals surface area contributed by atoms with Crippen molar-refractivity contribution in [2.75, 3.05) is 0 Å². The summed E-state index contributed by atoms with van der Waals surface area (Å²) in [7, 11) is 0. The molecule has 0 aliphatic heterocycles. The van der Waals surface area contributed by atoms with Crippen LogP contribution in [0.3, 0.4) is 0 Å². The number of fused-ring (bicyclic) bond motifs is 1. The topological polar surface area (TPSA) is 63.8 Å². The number of halogens is 1. The lowest BCUT2D eigenvalue weighted by atomic mass is 10.0. The Balaban J connectivity index is 1.83. The van der Waals surface area contributed by atoms with E-state index in [4.69, 9.17) is 0 Å². The highest BCUT2D eigenvalue weighted by Gasteiger charge is 2.25. The summed E-state index contributed by atoms with van der Waals surface area (Å²) in [4.78, 5) is 8.68. The van der Waals surface area contributed by atoms with Gasteiger partial charge >= 0.3 is 0 Å². The van der Waals surface area contributed by atoms with Crippen molar-refractivity contribution in [1.82, 2.24) is 19.7 Å². The molecule has 0 saturated carbocycles. The number of nitrogens with zero attached hydrogens (tertiary/aromatic N) is 4. The van der Waals surface area contributed by atoms with E-state index in [1.54, 1.807) is 61.3 Å². The highest BCUT2D eigenvalue weighted by atomic mass is 19.1. The van der Waals surface area contributed by atoms with Gasteiger partial charge in [-0.15, -0.1) is 0 Å². The monoisotopic (exact) mass is 347 g/mol. The number of rotatable bonds is 3. The predicted octanol–water partition coefficient (Wildman–Crippen LogP) is 3.65. The van der Waals surface area contributed by atoms with Crippen LogP contribution >= 0.6 is 0 Å². The van der Waals surface area contributed by atoms with Gasteiger partial charge in [0.05, 0.1) is 5.52 Å². The predicted molar refractivity (Wildman–Crippen MR) is 96.1 cm³/mol. The minimum atomic E-state index is -1.11. The summed E-state index contributed by atoms with van der Waals surface area (Å²) in [5.41, 5.74) is 1.18. The van der Waals surface area contributed by atoms with Crippen molar-refractivity contribution in [1.29, 1.82) is 0 Å². The molecule has 0 bridgehead atoms. The van der Waals surface area contributed by atoms with Crippen LogP contribution in [0.5, 0.6) is 0 Å². The molecule has 2 aromatic carbocycles. The highest BCUT2D eigenvalue weighted by molar-refractivity contribution is 5.83. The summed E-state index contributed by atoms with van der Waals surface area (Å²) < 4.78 is 15.5. The minimum Gasteiger partial charge on any atom is -0.384 e. The summed E-state index contributed by atoms with van der Waals surface area (Å²) in [5.74, 6) is 0.0116. The Morgan fingerprint density at radius 2 is 1.85 bits per heavy atom. The Labute approximate surface area is 149 Å². The number of benzene rings is 2. The van der Waals surface area contributed by atoms with E-state index in [-0.39, 0.29) is 5.82 Å². The zero-order valence-corrected chi connectivity index (χ0v) is 14.3. The van der Waals surface area contributed by atoms with Crippen LogP contribution in [0, 0.1) is 11.9 Å². The van der Waals surface area contributed by atoms with Gasteiger partial charge in [-0.05, 0) is 32.0 Å². The van der Waals surface area contributed by atoms with E-state index in [0.717, 1.165) is 10.9 Å². The average molecular weight is 347 g/mol. The van der Waals surface area contributed by atoms with Gasteiger partial charge in [-0.3, -0.25) is 0 Å². The standard InChI is InChI=1S/C20H16FN4O/c1-20(2,26)18-15-8-4-6-10-17(15)25(24-18)19-22-11-13(12-23-19)14-7-3-5-9-16(14)21/h3-5,7-12,26H,1-2H3. The van der Waals surface area contributed by atoms with Gasteiger partial charge in [-0.1, -0.05) is 30.3 Å². The van der Waals surface area contributed by atoms with Gasteiger partial charge in [-0.25, -0.2) is 14.4 Å². The van der Waals surface area contributed by atoms with Crippen molar-refractivity contribution in [2.45, 2.75) is 19.4 Å². The first kappa shape index (κ1) is 16.4. The summed E-state index contributed by atoms with van der Waals surface area (Å²) in [5, 5.41) is 15.7. The lowest BCUT2D eigenvalue weighted by Crippen LogP contribution is -2.17. The molecular formula is C20H16FN4O. The van der Waals surface area contributed by atoms with E-state index >= 15 is 0 Å². The maximum atomic E-state index is 13.9. The molecule has 2 aromatic heterocycles. The van der Waals surface area contributed by atoms with Crippen molar-refractivity contribution in [3.05, 3.63) is 72.4 Å². The molecule has 0 aliphatic rings. The van der Waals surface area contributed by atoms with Crippen LogP contribution in [0.4, 0.5) is 4.39 Å². The van der Waals surface area contributed by atoms with E-state index in [1.807, 2.05) is 6.07 Å². The van der Waals surface area contributed by atoms with Crippen molar-refractivity contribution in [3.63, 3.8) is 0 Å². The Kier molecular flexibility index (Phi) is 3.77. The van der Waals surface area contributed by atoms with E-state index in [9.17, 15) is 9.50 Å². The Morgan fingerprint density at radius 1 is 1.12 bits per heavy atom. The van der Waals surface area contributed by atoms with Crippen molar-refractivity contribution >= 4 is 10.9 Å². The zero-order chi connectivity index (χ0) is 18.3. The van der Waals surface area contributed by atoms with Gasteiger partial charge in [0.2, 0.25) is 0 Å². The van der Waals surface area contributed by atoms with Crippen LogP contribution in [0.15, 0.2) is 54.9 Å². The van der Waals surface area contributed by atoms with Gasteiger partial charge in [0.1, 0.15) is 17.1 Å². The Hall–Kier alpha value is -3.12. The summed E-state index contributed by atoms with van der Waals surface area (Å²) >= 11 is 0. The highest BCUT2D eigenvalue weighted by Crippen LogP contribution is 2.29. The van der Waals surface area contributed by atoms with Crippen LogP contribution in [0.1, 0.15) is 19.5 Å². The van der Waals surface area contributed by atoms with E-state index in [1.165, 1.54) is 6.07 Å². The summed E-state index contributed by atoms with van der Waals surface area (Å²) in [6, 6.07) is 14.9. The van der Waals surface area contributed by atoms with Gasteiger partial charge in [0.25, 0.3) is 5.95 Å². The van der Waals surface area contributed by atoms with Crippen molar-refractivity contribution < 1.29 is 9.50 Å². The molecule has 0 spiro atoms. The van der Waals surface area contributed by atoms with Crippen molar-refractivity contribution in [3.8, 4) is 17.1 Å². The maximum Gasteiger partial charge on any atom is 0.251 e. The minimum absolute atomic E-state index is 0.327. The van der Waals surface area contributed by atoms with E-state index in [0.29, 0.717) is 22.8 Å². The molecule has 0 amide bonds. The molecule has 0 aliphatic carbocycles. The first-order chi connectivity index (χ1) is 12.4. The third-order valence-electron chi connectivity index (χ3n) is 4.12. The van der Waals surface area contributed by atoms with Crippen LogP contribution < -0.4 is 0 Å². The van der Waals surface area contributed by atoms with Crippen LogP contribution in [0.2, 0.25) is 0 Å². The number of hydrogen-bond donors (Lipinski definition) is 1. The lowest BCUT2D eigenvalue weighted by molar-refractivity contribution is 0.0749. The van der Waals surface area contributed by atoms with Crippen LogP contribution in [0.25, 0.3) is 28.0 Å². The molecule has 4 rings (SSSR count). The SMILES string of the molecule is CC(C)(O)c1nn(-c2ncc(-c3ccccc3F)cn2)c2c[c]ccc12. The first-order valence-electron chi connectivity index (χ1n) is 8.14.